The van der Waals surface area contributed by atoms with Gasteiger partial charge in [-0.1, -0.05) is 0 Å². The smallest absolute Gasteiger partial charge is 0.282 e. The number of carbonyl (C=O) groups excluding carboxylic acids is 1. The van der Waals surface area contributed by atoms with Crippen molar-refractivity contribution in [1.82, 2.24) is 9.97 Å². The van der Waals surface area contributed by atoms with Crippen molar-refractivity contribution in [1.29, 1.82) is 0 Å². The molecule has 1 amide bonds. The number of quaternary nitrogens is 1. The van der Waals surface area contributed by atoms with Crippen LogP contribution in [-0.4, -0.2) is 22.4 Å². The van der Waals surface area contributed by atoms with E-state index in [-0.39, 0.29) is 11.8 Å². The van der Waals surface area contributed by atoms with Gasteiger partial charge in [-0.15, -0.1) is 0 Å². The van der Waals surface area contributed by atoms with Crippen LogP contribution in [0.3, 0.4) is 0 Å². The van der Waals surface area contributed by atoms with Gasteiger partial charge in [0.2, 0.25) is 0 Å². The summed E-state index contributed by atoms with van der Waals surface area (Å²) in [5, 5.41) is 1.85. The van der Waals surface area contributed by atoms with Crippen molar-refractivity contribution >= 4 is 16.9 Å². The molecule has 1 fully saturated rings. The van der Waals surface area contributed by atoms with Crippen molar-refractivity contribution in [3.05, 3.63) is 35.7 Å². The van der Waals surface area contributed by atoms with Gasteiger partial charge in [-0.25, -0.2) is 4.79 Å². The van der Waals surface area contributed by atoms with Gasteiger partial charge in [0.15, 0.2) is 0 Å². The average Bonchev–Trinajstić information content (AvgIpc) is 2.66. The van der Waals surface area contributed by atoms with Crippen molar-refractivity contribution in [3.63, 3.8) is 0 Å². The second-order valence-electron chi connectivity index (χ2n) is 4.85. The fraction of sp³-hybridized carbons (Fsp3) is 0.308. The zero-order valence-corrected chi connectivity index (χ0v) is 9.26. The average molecular weight is 226 g/mol. The normalized spacial score (nSPS) is 26.2. The number of piperidine rings is 1. The minimum Gasteiger partial charge on any atom is -0.282 e. The second kappa shape index (κ2) is 3.11. The summed E-state index contributed by atoms with van der Waals surface area (Å²) in [6.45, 7) is 0.883. The van der Waals surface area contributed by atoms with Crippen LogP contribution in [0.4, 0.5) is 0 Å². The molecule has 4 heteroatoms. The number of nitrogens with two attached hydrogens (primary N) is 1. The summed E-state index contributed by atoms with van der Waals surface area (Å²) in [6.07, 6.45) is 4.39. The van der Waals surface area contributed by atoms with E-state index in [1.807, 2.05) is 5.32 Å². The first-order valence-electron chi connectivity index (χ1n) is 5.94. The van der Waals surface area contributed by atoms with Crippen molar-refractivity contribution in [2.75, 3.05) is 6.54 Å². The summed E-state index contributed by atoms with van der Waals surface area (Å²) in [7, 11) is 0. The zero-order valence-electron chi connectivity index (χ0n) is 9.26. The van der Waals surface area contributed by atoms with Crippen LogP contribution in [0.15, 0.2) is 24.5 Å². The number of carbonyl (C=O) groups is 1. The van der Waals surface area contributed by atoms with E-state index in [2.05, 4.69) is 22.1 Å². The molecule has 17 heavy (non-hydrogen) atoms. The number of primary amides is 1. The molecule has 2 heterocycles. The molecule has 0 saturated carbocycles. The Morgan fingerprint density at radius 1 is 1.12 bits per heavy atom. The van der Waals surface area contributed by atoms with E-state index < -0.39 is 0 Å². The number of aromatic nitrogens is 2. The molecule has 1 aliphatic carbocycles. The van der Waals surface area contributed by atoms with Crippen LogP contribution in [0.25, 0.3) is 11.0 Å². The Labute approximate surface area is 98.1 Å². The van der Waals surface area contributed by atoms with Gasteiger partial charge in [0.05, 0.1) is 17.6 Å². The lowest BCUT2D eigenvalue weighted by atomic mass is 9.97. The predicted octanol–water partition coefficient (Wildman–Crippen LogP) is 0.304. The van der Waals surface area contributed by atoms with Gasteiger partial charge < -0.3 is 0 Å². The monoisotopic (exact) mass is 226 g/mol. The zero-order chi connectivity index (χ0) is 11.4. The summed E-state index contributed by atoms with van der Waals surface area (Å²) in [6, 6.07) is 4.17. The second-order valence-corrected chi connectivity index (χ2v) is 4.85. The van der Waals surface area contributed by atoms with E-state index in [0.717, 1.165) is 24.0 Å². The molecule has 1 aromatic heterocycles. The van der Waals surface area contributed by atoms with Crippen LogP contribution in [-0.2, 0) is 4.79 Å². The van der Waals surface area contributed by atoms with E-state index in [9.17, 15) is 4.79 Å². The molecule has 1 aliphatic heterocycles. The van der Waals surface area contributed by atoms with Crippen molar-refractivity contribution in [3.8, 4) is 0 Å². The number of hydrogen-bond acceptors (Lipinski definition) is 3. The Morgan fingerprint density at radius 3 is 2.59 bits per heavy atom. The van der Waals surface area contributed by atoms with Crippen LogP contribution in [0, 0.1) is 0 Å². The van der Waals surface area contributed by atoms with Crippen LogP contribution >= 0.6 is 0 Å². The molecule has 4 rings (SSSR count). The lowest BCUT2D eigenvalue weighted by Crippen LogP contribution is -2.91. The molecule has 0 unspecified atom stereocenters. The standard InChI is InChI=1S/C13H11N3O/c17-13-10-3-7(6-16-13)8-4-11-12(5-9(8)10)15-2-1-14-11/h1-2,4-5,7,10H,3,6H2,(H,16,17)/p+1/t7-,10-/m0/s1. The van der Waals surface area contributed by atoms with Crippen LogP contribution < -0.4 is 5.32 Å². The topological polar surface area (TPSA) is 59.5 Å². The fourth-order valence-electron chi connectivity index (χ4n) is 3.13. The molecule has 84 valence electrons. The Bertz CT molecular complexity index is 638. The molecule has 1 aromatic carbocycles. The van der Waals surface area contributed by atoms with E-state index in [0.29, 0.717) is 5.92 Å². The largest absolute Gasteiger partial charge is 0.317 e. The Kier molecular flexibility index (Phi) is 1.69. The highest BCUT2D eigenvalue weighted by Gasteiger charge is 2.42. The van der Waals surface area contributed by atoms with Gasteiger partial charge in [0.25, 0.3) is 0 Å². The molecule has 2 atom stereocenters. The van der Waals surface area contributed by atoms with Gasteiger partial charge in [0.1, 0.15) is 5.92 Å². The van der Waals surface area contributed by atoms with Crippen molar-refractivity contribution in [2.45, 2.75) is 18.3 Å². The summed E-state index contributed by atoms with van der Waals surface area (Å²) in [4.78, 5) is 20.5. The summed E-state index contributed by atoms with van der Waals surface area (Å²) >= 11 is 0. The van der Waals surface area contributed by atoms with Gasteiger partial charge >= 0.3 is 5.91 Å². The predicted molar refractivity (Wildman–Crippen MR) is 61.4 cm³/mol. The quantitative estimate of drug-likeness (QED) is 0.703. The number of benzene rings is 1. The minimum atomic E-state index is 0.0788. The maximum absolute atomic E-state index is 11.9. The molecule has 2 N–H and O–H groups in total. The minimum absolute atomic E-state index is 0.0788. The molecule has 0 spiro atoms. The van der Waals surface area contributed by atoms with Gasteiger partial charge in [0, 0.05) is 18.3 Å². The molecule has 2 bridgehead atoms. The number of nitrogens with zero attached hydrogens (tertiary/aromatic N) is 2. The fourth-order valence-corrected chi connectivity index (χ4v) is 3.13. The van der Waals surface area contributed by atoms with E-state index in [4.69, 9.17) is 0 Å². The third kappa shape index (κ3) is 1.18. The first kappa shape index (κ1) is 9.24. The van der Waals surface area contributed by atoms with Crippen LogP contribution in [0.5, 0.6) is 0 Å². The lowest BCUT2D eigenvalue weighted by molar-refractivity contribution is -0.577. The summed E-state index contributed by atoms with van der Waals surface area (Å²) in [5.41, 5.74) is 4.32. The highest BCUT2D eigenvalue weighted by molar-refractivity contribution is 5.84. The number of rotatable bonds is 0. The number of fused-ring (bicyclic) bond motifs is 6. The molecule has 2 aromatic rings. The Balaban J connectivity index is 2.02. The Hall–Kier alpha value is -1.81. The molecule has 4 nitrogen and oxygen atoms in total. The van der Waals surface area contributed by atoms with Gasteiger partial charge in [-0.3, -0.25) is 15.3 Å². The molecule has 1 saturated heterocycles. The van der Waals surface area contributed by atoms with E-state index in [1.165, 1.54) is 11.1 Å². The highest BCUT2D eigenvalue weighted by atomic mass is 16.2. The summed E-state index contributed by atoms with van der Waals surface area (Å²) in [5.74, 6) is 0.873. The van der Waals surface area contributed by atoms with Crippen molar-refractivity contribution < 1.29 is 10.1 Å². The lowest BCUT2D eigenvalue weighted by Gasteiger charge is -2.14. The first-order valence-corrected chi connectivity index (χ1v) is 5.94. The van der Waals surface area contributed by atoms with Crippen LogP contribution in [0.2, 0.25) is 0 Å². The maximum atomic E-state index is 11.9. The van der Waals surface area contributed by atoms with Crippen molar-refractivity contribution in [2.24, 2.45) is 0 Å². The molecular weight excluding hydrogens is 214 g/mol. The SMILES string of the molecule is O=C1[NH2+]C[C@@H]2C[C@H]1c1cc3nccnc3cc12. The number of hydrogen-bond donors (Lipinski definition) is 1. The van der Waals surface area contributed by atoms with Crippen LogP contribution in [0.1, 0.15) is 29.4 Å². The van der Waals surface area contributed by atoms with E-state index >= 15 is 0 Å². The molecule has 0 radical (unpaired) electrons. The first-order chi connectivity index (χ1) is 8.33. The maximum Gasteiger partial charge on any atom is 0.317 e. The molecule has 2 aliphatic rings. The Morgan fingerprint density at radius 2 is 1.82 bits per heavy atom. The summed E-state index contributed by atoms with van der Waals surface area (Å²) < 4.78 is 0. The molecular formula is C13H12N3O+. The number of amides is 1. The van der Waals surface area contributed by atoms with E-state index in [1.54, 1.807) is 12.4 Å². The van der Waals surface area contributed by atoms with Gasteiger partial charge in [-0.2, -0.15) is 0 Å². The highest BCUT2D eigenvalue weighted by Crippen LogP contribution is 2.43. The third-order valence-corrected chi connectivity index (χ3v) is 3.96. The van der Waals surface area contributed by atoms with Gasteiger partial charge in [-0.05, 0) is 29.7 Å². The third-order valence-electron chi connectivity index (χ3n) is 3.96.